The second-order valence-corrected chi connectivity index (χ2v) is 11.7. The first kappa shape index (κ1) is 31.7. The second-order valence-electron chi connectivity index (χ2n) is 11.7. The molecule has 0 aliphatic carbocycles. The number of nitrogens with zero attached hydrogens (tertiary/aromatic N) is 2. The molecule has 216 valence electrons. The Morgan fingerprint density at radius 1 is 1.16 bits per heavy atom. The molecule has 8 atom stereocenters. The summed E-state index contributed by atoms with van der Waals surface area (Å²) in [6.45, 7) is 14.5. The topological polar surface area (TPSA) is 149 Å². The fourth-order valence-corrected chi connectivity index (χ4v) is 5.07. The summed E-state index contributed by atoms with van der Waals surface area (Å²) in [6.07, 6.45) is -0.299. The predicted molar refractivity (Wildman–Crippen MR) is 141 cm³/mol. The summed E-state index contributed by atoms with van der Waals surface area (Å²) < 4.78 is 5.28. The summed E-state index contributed by atoms with van der Waals surface area (Å²) in [5.74, 6) is -2.42. The van der Waals surface area contributed by atoms with Crippen LogP contribution in [0, 0.1) is 17.8 Å². The molecule has 0 aromatic heterocycles. The highest BCUT2D eigenvalue weighted by atomic mass is 16.6. The number of hydrogen-bond acceptors (Lipinski definition) is 7. The number of aliphatic hydroxyl groups is 1. The SMILES string of the molecule is CC[C@H](C)[C@@H](C(=O)N[C@H](C(=O)N[C@@H](CC(C)C)C(=O)[C@@]1(C)CO1)[C@@H](C)O)N1C[C@H](C)[C@H](N(C)C(C)=O)C1=O. The number of ketones is 1. The van der Waals surface area contributed by atoms with E-state index in [0.717, 1.165) is 0 Å². The van der Waals surface area contributed by atoms with Gasteiger partial charge in [-0.2, -0.15) is 0 Å². The van der Waals surface area contributed by atoms with E-state index in [0.29, 0.717) is 12.8 Å². The number of likely N-dealkylation sites (N-methyl/N-ethyl adjacent to an activating group) is 1. The molecule has 0 aromatic carbocycles. The van der Waals surface area contributed by atoms with Crippen molar-refractivity contribution in [1.82, 2.24) is 20.4 Å². The van der Waals surface area contributed by atoms with Gasteiger partial charge in [0, 0.05) is 26.4 Å². The van der Waals surface area contributed by atoms with Crippen molar-refractivity contribution in [2.75, 3.05) is 20.2 Å². The Bertz CT molecular complexity index is 917. The molecule has 0 bridgehead atoms. The van der Waals surface area contributed by atoms with Crippen molar-refractivity contribution in [3.05, 3.63) is 0 Å². The largest absolute Gasteiger partial charge is 0.391 e. The number of Topliss-reactive ketones (excluding diaryl/α,β-unsaturated/α-hetero) is 1. The first-order valence-electron chi connectivity index (χ1n) is 13.6. The van der Waals surface area contributed by atoms with Crippen molar-refractivity contribution >= 4 is 29.4 Å². The number of hydrogen-bond donors (Lipinski definition) is 3. The van der Waals surface area contributed by atoms with E-state index >= 15 is 0 Å². The molecule has 2 aliphatic heterocycles. The molecular weight excluding hydrogens is 492 g/mol. The fourth-order valence-electron chi connectivity index (χ4n) is 5.07. The van der Waals surface area contributed by atoms with Crippen LogP contribution in [0.1, 0.15) is 68.2 Å². The maximum absolute atomic E-state index is 13.6. The van der Waals surface area contributed by atoms with E-state index in [4.69, 9.17) is 4.74 Å². The Labute approximate surface area is 226 Å². The number of epoxide rings is 1. The van der Waals surface area contributed by atoms with E-state index in [9.17, 15) is 29.1 Å². The van der Waals surface area contributed by atoms with E-state index in [1.54, 1.807) is 14.0 Å². The van der Waals surface area contributed by atoms with Crippen molar-refractivity contribution in [2.24, 2.45) is 17.8 Å². The van der Waals surface area contributed by atoms with Crippen LogP contribution in [0.3, 0.4) is 0 Å². The average molecular weight is 539 g/mol. The van der Waals surface area contributed by atoms with Gasteiger partial charge in [0.2, 0.25) is 23.6 Å². The van der Waals surface area contributed by atoms with Crippen LogP contribution < -0.4 is 10.6 Å². The zero-order valence-electron chi connectivity index (χ0n) is 24.2. The van der Waals surface area contributed by atoms with Crippen molar-refractivity contribution in [3.63, 3.8) is 0 Å². The Kier molecular flexibility index (Phi) is 10.5. The Morgan fingerprint density at radius 3 is 2.18 bits per heavy atom. The van der Waals surface area contributed by atoms with Gasteiger partial charge >= 0.3 is 0 Å². The molecule has 11 heteroatoms. The highest BCUT2D eigenvalue weighted by Gasteiger charge is 2.51. The van der Waals surface area contributed by atoms with Gasteiger partial charge < -0.3 is 30.3 Å². The van der Waals surface area contributed by atoms with Gasteiger partial charge in [-0.25, -0.2) is 0 Å². The predicted octanol–water partition coefficient (Wildman–Crippen LogP) is 0.481. The van der Waals surface area contributed by atoms with Crippen LogP contribution in [0.15, 0.2) is 0 Å². The molecule has 2 saturated heterocycles. The van der Waals surface area contributed by atoms with E-state index in [2.05, 4.69) is 10.6 Å². The molecule has 0 saturated carbocycles. The van der Waals surface area contributed by atoms with Crippen LogP contribution in [-0.4, -0.2) is 100 Å². The van der Waals surface area contributed by atoms with Crippen molar-refractivity contribution in [3.8, 4) is 0 Å². The van der Waals surface area contributed by atoms with E-state index in [1.807, 2.05) is 34.6 Å². The molecule has 2 rings (SSSR count). The van der Waals surface area contributed by atoms with Gasteiger partial charge in [-0.15, -0.1) is 0 Å². The van der Waals surface area contributed by atoms with Gasteiger partial charge in [0.1, 0.15) is 23.7 Å². The van der Waals surface area contributed by atoms with Crippen LogP contribution in [0.4, 0.5) is 0 Å². The average Bonchev–Trinajstić information content (AvgIpc) is 3.51. The molecule has 0 aromatic rings. The summed E-state index contributed by atoms with van der Waals surface area (Å²) in [7, 11) is 1.57. The third-order valence-electron chi connectivity index (χ3n) is 7.76. The number of aliphatic hydroxyl groups excluding tert-OH is 1. The summed E-state index contributed by atoms with van der Waals surface area (Å²) in [6, 6.07) is -3.75. The standard InChI is InChI=1S/C27H46N4O7/c1-10-15(4)21(31-12-16(5)22(26(31)37)30(9)18(7)33)25(36)29-20(17(6)32)24(35)28-19(11-14(2)3)23(34)27(8)13-38-27/h14-17,19-22,32H,10-13H2,1-9H3,(H,28,35)(H,29,36)/t15-,16-,17+,19-,20-,21-,22-,27+/m0/s1. The van der Waals surface area contributed by atoms with Crippen LogP contribution in [-0.2, 0) is 28.7 Å². The van der Waals surface area contributed by atoms with E-state index in [-0.39, 0.29) is 48.5 Å². The third-order valence-corrected chi connectivity index (χ3v) is 7.76. The molecule has 2 aliphatic rings. The smallest absolute Gasteiger partial charge is 0.246 e. The van der Waals surface area contributed by atoms with Crippen LogP contribution >= 0.6 is 0 Å². The Morgan fingerprint density at radius 2 is 1.74 bits per heavy atom. The van der Waals surface area contributed by atoms with Gasteiger partial charge in [0.05, 0.1) is 18.8 Å². The van der Waals surface area contributed by atoms with Gasteiger partial charge in [-0.1, -0.05) is 41.0 Å². The van der Waals surface area contributed by atoms with Crippen LogP contribution in [0.25, 0.3) is 0 Å². The van der Waals surface area contributed by atoms with Crippen LogP contribution in [0.2, 0.25) is 0 Å². The third kappa shape index (κ3) is 7.11. The summed E-state index contributed by atoms with van der Waals surface area (Å²) in [5.41, 5.74) is -0.936. The minimum atomic E-state index is -1.34. The quantitative estimate of drug-likeness (QED) is 0.289. The molecule has 38 heavy (non-hydrogen) atoms. The summed E-state index contributed by atoms with van der Waals surface area (Å²) >= 11 is 0. The van der Waals surface area contributed by atoms with Gasteiger partial charge in [-0.05, 0) is 32.1 Å². The molecule has 2 fully saturated rings. The number of amides is 4. The Hall–Kier alpha value is -2.53. The van der Waals surface area contributed by atoms with Crippen molar-refractivity contribution < 1.29 is 33.8 Å². The lowest BCUT2D eigenvalue weighted by molar-refractivity contribution is -0.146. The minimum absolute atomic E-state index is 0.102. The number of likely N-dealkylation sites (tertiary alicyclic amines) is 1. The molecule has 0 unspecified atom stereocenters. The minimum Gasteiger partial charge on any atom is -0.391 e. The first-order valence-corrected chi connectivity index (χ1v) is 13.6. The number of ether oxygens (including phenoxy) is 1. The highest BCUT2D eigenvalue weighted by Crippen LogP contribution is 2.30. The summed E-state index contributed by atoms with van der Waals surface area (Å²) in [5, 5.41) is 15.8. The lowest BCUT2D eigenvalue weighted by atomic mass is 9.93. The monoisotopic (exact) mass is 538 g/mol. The molecule has 4 amide bonds. The van der Waals surface area contributed by atoms with E-state index < -0.39 is 47.7 Å². The van der Waals surface area contributed by atoms with E-state index in [1.165, 1.54) is 23.6 Å². The number of rotatable bonds is 13. The zero-order chi connectivity index (χ0) is 29.1. The second kappa shape index (κ2) is 12.5. The van der Waals surface area contributed by atoms with Gasteiger partial charge in [-0.3, -0.25) is 24.0 Å². The maximum Gasteiger partial charge on any atom is 0.246 e. The lowest BCUT2D eigenvalue weighted by Gasteiger charge is -2.34. The number of nitrogens with one attached hydrogen (secondary N) is 2. The van der Waals surface area contributed by atoms with Crippen molar-refractivity contribution in [1.29, 1.82) is 0 Å². The fraction of sp³-hybridized carbons (Fsp3) is 0.815. The Balaban J connectivity index is 2.26. The molecular formula is C27H46N4O7. The van der Waals surface area contributed by atoms with Crippen molar-refractivity contribution in [2.45, 2.75) is 104 Å². The lowest BCUT2D eigenvalue weighted by Crippen LogP contribution is -2.61. The molecule has 3 N–H and O–H groups in total. The number of carbonyl (C=O) groups excluding carboxylic acids is 5. The molecule has 2 heterocycles. The first-order chi connectivity index (χ1) is 17.5. The molecule has 11 nitrogen and oxygen atoms in total. The van der Waals surface area contributed by atoms with Crippen LogP contribution in [0.5, 0.6) is 0 Å². The molecule has 0 radical (unpaired) electrons. The zero-order valence-corrected chi connectivity index (χ0v) is 24.2. The highest BCUT2D eigenvalue weighted by molar-refractivity contribution is 5.99. The molecule has 0 spiro atoms. The normalized spacial score (nSPS) is 26.8. The summed E-state index contributed by atoms with van der Waals surface area (Å²) in [4.78, 5) is 68.1. The maximum atomic E-state index is 13.6. The van der Waals surface area contributed by atoms with Gasteiger partial charge in [0.15, 0.2) is 5.78 Å². The van der Waals surface area contributed by atoms with Gasteiger partial charge in [0.25, 0.3) is 0 Å². The number of carbonyl (C=O) groups is 5.